The average molecular weight is 444 g/mol. The van der Waals surface area contributed by atoms with E-state index in [9.17, 15) is 10.1 Å². The van der Waals surface area contributed by atoms with Gasteiger partial charge in [-0.25, -0.2) is 0 Å². The number of nitrogens with zero attached hydrogens (tertiary/aromatic N) is 2. The summed E-state index contributed by atoms with van der Waals surface area (Å²) >= 11 is 0. The first-order chi connectivity index (χ1) is 14.7. The molecule has 1 amide bonds. The van der Waals surface area contributed by atoms with E-state index in [-0.39, 0.29) is 12.4 Å². The summed E-state index contributed by atoms with van der Waals surface area (Å²) < 4.78 is 5.98. The Kier molecular flexibility index (Phi) is 7.08. The van der Waals surface area contributed by atoms with Crippen LogP contribution < -0.4 is 10.1 Å². The number of amides is 1. The number of carbonyl (C=O) groups excluding carboxylic acids is 1. The van der Waals surface area contributed by atoms with Crippen molar-refractivity contribution in [3.05, 3.63) is 29.3 Å². The summed E-state index contributed by atoms with van der Waals surface area (Å²) in [5, 5.41) is 12.6. The molecule has 5 nitrogen and oxygen atoms in total. The number of hydrogen-bond acceptors (Lipinski definition) is 4. The molecule has 2 heterocycles. The number of hydrogen-bond donors (Lipinski definition) is 1. The molecule has 2 aliphatic carbocycles. The summed E-state index contributed by atoms with van der Waals surface area (Å²) in [7, 11) is 0. The first-order valence-corrected chi connectivity index (χ1v) is 11.9. The van der Waals surface area contributed by atoms with Crippen molar-refractivity contribution in [3.8, 4) is 11.8 Å². The smallest absolute Gasteiger partial charge is 0.223 e. The van der Waals surface area contributed by atoms with E-state index in [0.717, 1.165) is 69.2 Å². The molecule has 1 aromatic carbocycles. The fourth-order valence-electron chi connectivity index (χ4n) is 5.85. The molecule has 5 rings (SSSR count). The molecule has 0 spiro atoms. The van der Waals surface area contributed by atoms with Gasteiger partial charge in [0.2, 0.25) is 5.91 Å². The number of ether oxygens (including phenoxy) is 1. The van der Waals surface area contributed by atoms with Crippen molar-refractivity contribution in [1.82, 2.24) is 10.2 Å². The van der Waals surface area contributed by atoms with Gasteiger partial charge in [-0.1, -0.05) is 6.42 Å². The molecule has 1 saturated heterocycles. The molecule has 0 radical (unpaired) electrons. The third kappa shape index (κ3) is 4.86. The summed E-state index contributed by atoms with van der Waals surface area (Å²) in [6.45, 7) is 4.15. The molecular weight excluding hydrogens is 410 g/mol. The lowest BCUT2D eigenvalue weighted by Crippen LogP contribution is -2.42. The SMILES string of the molecule is Cl.N#Cc1ccc2c(c1)[C@@H]1CN(CCC3CCC(NC(=O)C4CCC4)CC3)C[C@H]1CO2. The van der Waals surface area contributed by atoms with Crippen LogP contribution in [-0.2, 0) is 4.79 Å². The molecule has 2 saturated carbocycles. The predicted octanol–water partition coefficient (Wildman–Crippen LogP) is 4.25. The molecule has 1 aromatic rings. The van der Waals surface area contributed by atoms with Crippen LogP contribution in [0.2, 0.25) is 0 Å². The van der Waals surface area contributed by atoms with Gasteiger partial charge in [0.25, 0.3) is 0 Å². The Labute approximate surface area is 191 Å². The van der Waals surface area contributed by atoms with Gasteiger partial charge in [-0.3, -0.25) is 4.79 Å². The number of nitrogens with one attached hydrogen (secondary N) is 1. The lowest BCUT2D eigenvalue weighted by Gasteiger charge is -2.32. The summed E-state index contributed by atoms with van der Waals surface area (Å²) in [4.78, 5) is 14.8. The Morgan fingerprint density at radius 3 is 2.68 bits per heavy atom. The first-order valence-electron chi connectivity index (χ1n) is 11.9. The molecule has 0 unspecified atom stereocenters. The lowest BCUT2D eigenvalue weighted by molar-refractivity contribution is -0.128. The van der Waals surface area contributed by atoms with Crippen molar-refractivity contribution < 1.29 is 9.53 Å². The maximum Gasteiger partial charge on any atom is 0.223 e. The van der Waals surface area contributed by atoms with Crippen LogP contribution in [0.1, 0.15) is 68.4 Å². The quantitative estimate of drug-likeness (QED) is 0.738. The fourth-order valence-corrected chi connectivity index (χ4v) is 5.85. The highest BCUT2D eigenvalue weighted by molar-refractivity contribution is 5.85. The molecule has 2 aliphatic heterocycles. The fraction of sp³-hybridized carbons (Fsp3) is 0.680. The minimum absolute atomic E-state index is 0. The first kappa shape index (κ1) is 22.4. The standard InChI is InChI=1S/C25H33N3O2.ClH/c26-13-18-6-9-24-22(12-18)23-15-28(14-20(23)16-30-24)11-10-17-4-7-21(8-5-17)27-25(29)19-2-1-3-19;/h6,9,12,17,19-21,23H,1-5,7-8,10-11,14-16H2,(H,27,29);1H/t17?,20-,21?,23+;/m0./s1. The van der Waals surface area contributed by atoms with Gasteiger partial charge in [0.15, 0.2) is 0 Å². The third-order valence-corrected chi connectivity index (χ3v) is 8.03. The highest BCUT2D eigenvalue weighted by Crippen LogP contribution is 2.42. The maximum absolute atomic E-state index is 12.2. The van der Waals surface area contributed by atoms with E-state index in [1.54, 1.807) is 0 Å². The molecule has 0 aromatic heterocycles. The number of rotatable bonds is 5. The van der Waals surface area contributed by atoms with Crippen molar-refractivity contribution in [2.24, 2.45) is 17.8 Å². The van der Waals surface area contributed by atoms with Crippen LogP contribution in [-0.4, -0.2) is 43.1 Å². The number of fused-ring (bicyclic) bond motifs is 3. The zero-order valence-corrected chi connectivity index (χ0v) is 19.0. The Hall–Kier alpha value is -1.77. The van der Waals surface area contributed by atoms with Crippen LogP contribution in [0, 0.1) is 29.1 Å². The maximum atomic E-state index is 12.2. The lowest BCUT2D eigenvalue weighted by atomic mass is 9.82. The molecule has 4 aliphatic rings. The van der Waals surface area contributed by atoms with Crippen LogP contribution in [0.3, 0.4) is 0 Å². The second-order valence-electron chi connectivity index (χ2n) is 9.94. The van der Waals surface area contributed by atoms with Crippen LogP contribution in [0.15, 0.2) is 18.2 Å². The second-order valence-corrected chi connectivity index (χ2v) is 9.94. The van der Waals surface area contributed by atoms with E-state index in [2.05, 4.69) is 16.3 Å². The molecule has 31 heavy (non-hydrogen) atoms. The predicted molar refractivity (Wildman–Crippen MR) is 122 cm³/mol. The van der Waals surface area contributed by atoms with Gasteiger partial charge >= 0.3 is 0 Å². The summed E-state index contributed by atoms with van der Waals surface area (Å²) in [5.74, 6) is 3.42. The van der Waals surface area contributed by atoms with E-state index in [0.29, 0.717) is 29.7 Å². The van der Waals surface area contributed by atoms with Gasteiger partial charge in [0, 0.05) is 42.4 Å². The Balaban J connectivity index is 0.00000231. The minimum Gasteiger partial charge on any atom is -0.493 e. The van der Waals surface area contributed by atoms with Crippen LogP contribution in [0.5, 0.6) is 5.75 Å². The van der Waals surface area contributed by atoms with Gasteiger partial charge in [-0.15, -0.1) is 12.4 Å². The Morgan fingerprint density at radius 2 is 1.97 bits per heavy atom. The zero-order valence-electron chi connectivity index (χ0n) is 18.2. The molecule has 6 heteroatoms. The molecule has 0 bridgehead atoms. The monoisotopic (exact) mass is 443 g/mol. The van der Waals surface area contributed by atoms with Crippen molar-refractivity contribution in [2.75, 3.05) is 26.2 Å². The highest BCUT2D eigenvalue weighted by Gasteiger charge is 2.39. The Bertz CT molecular complexity index is 827. The van der Waals surface area contributed by atoms with Gasteiger partial charge in [-0.05, 0) is 75.6 Å². The van der Waals surface area contributed by atoms with Gasteiger partial charge in [-0.2, -0.15) is 5.26 Å². The summed E-state index contributed by atoms with van der Waals surface area (Å²) in [6.07, 6.45) is 9.44. The van der Waals surface area contributed by atoms with E-state index in [4.69, 9.17) is 4.74 Å². The van der Waals surface area contributed by atoms with Gasteiger partial charge in [0.05, 0.1) is 18.2 Å². The number of halogens is 1. The normalized spacial score (nSPS) is 30.0. The van der Waals surface area contributed by atoms with Crippen molar-refractivity contribution in [2.45, 2.75) is 63.3 Å². The zero-order chi connectivity index (χ0) is 20.5. The second kappa shape index (κ2) is 9.79. The number of carbonyl (C=O) groups is 1. The Morgan fingerprint density at radius 1 is 1.16 bits per heavy atom. The molecule has 2 atom stereocenters. The number of nitriles is 1. The largest absolute Gasteiger partial charge is 0.493 e. The molecular formula is C25H34ClN3O2. The van der Waals surface area contributed by atoms with E-state index < -0.39 is 0 Å². The van der Waals surface area contributed by atoms with E-state index >= 15 is 0 Å². The molecule has 3 fully saturated rings. The summed E-state index contributed by atoms with van der Waals surface area (Å²) in [6, 6.07) is 8.54. The van der Waals surface area contributed by atoms with Crippen molar-refractivity contribution in [1.29, 1.82) is 5.26 Å². The van der Waals surface area contributed by atoms with Gasteiger partial charge in [0.1, 0.15) is 5.75 Å². The van der Waals surface area contributed by atoms with Crippen LogP contribution >= 0.6 is 12.4 Å². The van der Waals surface area contributed by atoms with Crippen molar-refractivity contribution in [3.63, 3.8) is 0 Å². The molecule has 1 N–H and O–H groups in total. The minimum atomic E-state index is 0. The van der Waals surface area contributed by atoms with Crippen LogP contribution in [0.4, 0.5) is 0 Å². The highest BCUT2D eigenvalue weighted by atomic mass is 35.5. The van der Waals surface area contributed by atoms with E-state index in [1.807, 2.05) is 18.2 Å². The number of likely N-dealkylation sites (tertiary alicyclic amines) is 1. The molecule has 168 valence electrons. The van der Waals surface area contributed by atoms with E-state index in [1.165, 1.54) is 31.2 Å². The third-order valence-electron chi connectivity index (χ3n) is 8.03. The van der Waals surface area contributed by atoms with Crippen LogP contribution in [0.25, 0.3) is 0 Å². The van der Waals surface area contributed by atoms with Crippen molar-refractivity contribution >= 4 is 18.3 Å². The number of benzene rings is 1. The average Bonchev–Trinajstić information content (AvgIpc) is 3.15. The topological polar surface area (TPSA) is 65.4 Å². The van der Waals surface area contributed by atoms with Gasteiger partial charge < -0.3 is 15.0 Å². The summed E-state index contributed by atoms with van der Waals surface area (Å²) in [5.41, 5.74) is 1.97.